The Morgan fingerprint density at radius 3 is 2.61 bits per heavy atom. The van der Waals surface area contributed by atoms with Crippen LogP contribution in [0.5, 0.6) is 11.5 Å². The van der Waals surface area contributed by atoms with Gasteiger partial charge in [0.15, 0.2) is 11.5 Å². The summed E-state index contributed by atoms with van der Waals surface area (Å²) in [4.78, 5) is 4.53. The second kappa shape index (κ2) is 5.96. The largest absolute Gasteiger partial charge is 0.504 e. The van der Waals surface area contributed by atoms with E-state index in [1.165, 1.54) is 17.7 Å². The van der Waals surface area contributed by atoms with Gasteiger partial charge in [-0.25, -0.2) is 4.98 Å². The summed E-state index contributed by atoms with van der Waals surface area (Å²) in [6.45, 7) is 4.10. The molecule has 3 rings (SSSR count). The lowest BCUT2D eigenvalue weighted by Crippen LogP contribution is -1.95. The minimum atomic E-state index is -0.177. The van der Waals surface area contributed by atoms with Gasteiger partial charge in [-0.3, -0.25) is 5.43 Å². The van der Waals surface area contributed by atoms with Gasteiger partial charge in [-0.05, 0) is 61.4 Å². The zero-order valence-electron chi connectivity index (χ0n) is 12.9. The van der Waals surface area contributed by atoms with Crippen LogP contribution in [0.25, 0.3) is 10.9 Å². The van der Waals surface area contributed by atoms with Crippen molar-refractivity contribution < 1.29 is 10.2 Å². The first kappa shape index (κ1) is 14.8. The molecule has 23 heavy (non-hydrogen) atoms. The number of aryl methyl sites for hydroxylation is 2. The van der Waals surface area contributed by atoms with Crippen LogP contribution in [0.4, 0.5) is 5.82 Å². The SMILES string of the molecule is Cc1ccc2nc(N/N=C/c3ccc(O)c(O)c3)cc(C)c2c1. The van der Waals surface area contributed by atoms with E-state index in [1.807, 2.05) is 25.1 Å². The minimum Gasteiger partial charge on any atom is -0.504 e. The number of rotatable bonds is 3. The fraction of sp³-hybridized carbons (Fsp3) is 0.111. The number of phenols is 2. The Labute approximate surface area is 133 Å². The first-order valence-corrected chi connectivity index (χ1v) is 7.22. The zero-order valence-corrected chi connectivity index (χ0v) is 12.9. The Morgan fingerprint density at radius 2 is 1.83 bits per heavy atom. The van der Waals surface area contributed by atoms with Crippen molar-refractivity contribution >= 4 is 22.9 Å². The zero-order chi connectivity index (χ0) is 16.4. The second-order valence-corrected chi connectivity index (χ2v) is 5.46. The third-order valence-corrected chi connectivity index (χ3v) is 3.56. The molecule has 0 fully saturated rings. The summed E-state index contributed by atoms with van der Waals surface area (Å²) >= 11 is 0. The Kier molecular flexibility index (Phi) is 3.85. The molecule has 3 aromatic rings. The number of hydrazone groups is 1. The van der Waals surface area contributed by atoms with Crippen LogP contribution < -0.4 is 5.43 Å². The highest BCUT2D eigenvalue weighted by molar-refractivity contribution is 5.85. The van der Waals surface area contributed by atoms with Crippen LogP contribution in [0.1, 0.15) is 16.7 Å². The van der Waals surface area contributed by atoms with E-state index in [0.717, 1.165) is 16.5 Å². The molecule has 1 aromatic heterocycles. The molecule has 5 nitrogen and oxygen atoms in total. The molecule has 0 atom stereocenters. The Balaban J connectivity index is 1.82. The molecule has 0 radical (unpaired) electrons. The summed E-state index contributed by atoms with van der Waals surface area (Å²) in [5.41, 5.74) is 6.79. The number of phenolic OH excluding ortho intramolecular Hbond substituents is 2. The molecule has 0 saturated heterocycles. The lowest BCUT2D eigenvalue weighted by Gasteiger charge is -2.06. The van der Waals surface area contributed by atoms with Crippen LogP contribution in [0.2, 0.25) is 0 Å². The molecular weight excluding hydrogens is 290 g/mol. The topological polar surface area (TPSA) is 77.7 Å². The highest BCUT2D eigenvalue weighted by Gasteiger charge is 2.03. The average molecular weight is 307 g/mol. The predicted molar refractivity (Wildman–Crippen MR) is 92.2 cm³/mol. The Hall–Kier alpha value is -3.08. The third-order valence-electron chi connectivity index (χ3n) is 3.56. The van der Waals surface area contributed by atoms with Gasteiger partial charge in [-0.2, -0.15) is 5.10 Å². The second-order valence-electron chi connectivity index (χ2n) is 5.46. The molecule has 0 unspecified atom stereocenters. The van der Waals surface area contributed by atoms with Gasteiger partial charge in [0, 0.05) is 5.39 Å². The molecule has 5 heteroatoms. The van der Waals surface area contributed by atoms with Crippen molar-refractivity contribution in [1.82, 2.24) is 4.98 Å². The first-order valence-electron chi connectivity index (χ1n) is 7.22. The molecule has 0 aliphatic rings. The lowest BCUT2D eigenvalue weighted by molar-refractivity contribution is 0.403. The fourth-order valence-electron chi connectivity index (χ4n) is 2.36. The monoisotopic (exact) mass is 307 g/mol. The molecule has 0 aliphatic heterocycles. The summed E-state index contributed by atoms with van der Waals surface area (Å²) in [5.74, 6) is 0.319. The summed E-state index contributed by atoms with van der Waals surface area (Å²) in [7, 11) is 0. The van der Waals surface area contributed by atoms with E-state index < -0.39 is 0 Å². The van der Waals surface area contributed by atoms with Gasteiger partial charge in [0.2, 0.25) is 0 Å². The van der Waals surface area contributed by atoms with Crippen molar-refractivity contribution in [1.29, 1.82) is 0 Å². The van der Waals surface area contributed by atoms with Gasteiger partial charge < -0.3 is 10.2 Å². The minimum absolute atomic E-state index is 0.155. The quantitative estimate of drug-likeness (QED) is 0.391. The van der Waals surface area contributed by atoms with Crippen LogP contribution in [0.15, 0.2) is 47.6 Å². The normalized spacial score (nSPS) is 11.2. The smallest absolute Gasteiger partial charge is 0.158 e. The van der Waals surface area contributed by atoms with Crippen LogP contribution in [0.3, 0.4) is 0 Å². The molecule has 0 amide bonds. The maximum Gasteiger partial charge on any atom is 0.158 e. The maximum atomic E-state index is 9.45. The van der Waals surface area contributed by atoms with Crippen LogP contribution >= 0.6 is 0 Å². The number of benzene rings is 2. The Morgan fingerprint density at radius 1 is 1.00 bits per heavy atom. The summed E-state index contributed by atoms with van der Waals surface area (Å²) in [6, 6.07) is 12.6. The summed E-state index contributed by atoms with van der Waals surface area (Å²) < 4.78 is 0. The number of fused-ring (bicyclic) bond motifs is 1. The molecular formula is C18H17N3O2. The predicted octanol–water partition coefficient (Wildman–Crippen LogP) is 3.71. The van der Waals surface area contributed by atoms with Gasteiger partial charge in [-0.15, -0.1) is 0 Å². The summed E-state index contributed by atoms with van der Waals surface area (Å²) in [5, 5.41) is 24.0. The highest BCUT2D eigenvalue weighted by Crippen LogP contribution is 2.24. The number of nitrogens with one attached hydrogen (secondary N) is 1. The van der Waals surface area contributed by atoms with Crippen molar-refractivity contribution in [3.8, 4) is 11.5 Å². The standard InChI is InChI=1S/C18H17N3O2/c1-11-3-5-15-14(7-11)12(2)8-18(20-15)21-19-10-13-4-6-16(22)17(23)9-13/h3-10,22-23H,1-2H3,(H,20,21)/b19-10+. The van der Waals surface area contributed by atoms with E-state index in [-0.39, 0.29) is 11.5 Å². The van der Waals surface area contributed by atoms with Crippen molar-refractivity contribution in [2.75, 3.05) is 5.43 Å². The number of hydrogen-bond donors (Lipinski definition) is 3. The molecule has 116 valence electrons. The molecule has 2 aromatic carbocycles. The summed E-state index contributed by atoms with van der Waals surface area (Å²) in [6.07, 6.45) is 1.55. The van der Waals surface area contributed by atoms with Gasteiger partial charge in [0.1, 0.15) is 5.82 Å². The van der Waals surface area contributed by atoms with Crippen molar-refractivity contribution in [2.45, 2.75) is 13.8 Å². The molecule has 3 N–H and O–H groups in total. The first-order chi connectivity index (χ1) is 11.0. The van der Waals surface area contributed by atoms with E-state index in [4.69, 9.17) is 0 Å². The number of aromatic nitrogens is 1. The maximum absolute atomic E-state index is 9.45. The van der Waals surface area contributed by atoms with E-state index in [0.29, 0.717) is 11.4 Å². The van der Waals surface area contributed by atoms with Crippen LogP contribution in [-0.4, -0.2) is 21.4 Å². The van der Waals surface area contributed by atoms with E-state index in [1.54, 1.807) is 12.3 Å². The van der Waals surface area contributed by atoms with E-state index in [9.17, 15) is 10.2 Å². The molecule has 1 heterocycles. The van der Waals surface area contributed by atoms with Crippen LogP contribution in [-0.2, 0) is 0 Å². The number of pyridine rings is 1. The van der Waals surface area contributed by atoms with E-state index in [2.05, 4.69) is 28.5 Å². The van der Waals surface area contributed by atoms with Gasteiger partial charge in [0.25, 0.3) is 0 Å². The van der Waals surface area contributed by atoms with E-state index >= 15 is 0 Å². The highest BCUT2D eigenvalue weighted by atomic mass is 16.3. The molecule has 0 saturated carbocycles. The van der Waals surface area contributed by atoms with Gasteiger partial charge in [-0.1, -0.05) is 11.6 Å². The average Bonchev–Trinajstić information content (AvgIpc) is 2.52. The number of anilines is 1. The molecule has 0 spiro atoms. The molecule has 0 bridgehead atoms. The number of nitrogens with zero attached hydrogens (tertiary/aromatic N) is 2. The van der Waals surface area contributed by atoms with Crippen molar-refractivity contribution in [3.63, 3.8) is 0 Å². The molecule has 0 aliphatic carbocycles. The van der Waals surface area contributed by atoms with Gasteiger partial charge >= 0.3 is 0 Å². The van der Waals surface area contributed by atoms with Crippen molar-refractivity contribution in [3.05, 3.63) is 59.2 Å². The third kappa shape index (κ3) is 3.23. The van der Waals surface area contributed by atoms with Gasteiger partial charge in [0.05, 0.1) is 11.7 Å². The number of hydrogen-bond acceptors (Lipinski definition) is 5. The fourth-order valence-corrected chi connectivity index (χ4v) is 2.36. The van der Waals surface area contributed by atoms with Crippen molar-refractivity contribution in [2.24, 2.45) is 5.10 Å². The number of aromatic hydroxyl groups is 2. The van der Waals surface area contributed by atoms with Crippen LogP contribution in [0, 0.1) is 13.8 Å². The Bertz CT molecular complexity index is 904. The lowest BCUT2D eigenvalue weighted by atomic mass is 10.1.